The van der Waals surface area contributed by atoms with Crippen molar-refractivity contribution in [1.82, 2.24) is 29.9 Å². The van der Waals surface area contributed by atoms with Crippen LogP contribution in [0.3, 0.4) is 0 Å². The van der Waals surface area contributed by atoms with Gasteiger partial charge in [0.05, 0.1) is 28.4 Å². The van der Waals surface area contributed by atoms with Crippen LogP contribution in [0.1, 0.15) is 70.4 Å². The molecular formula is C20H26N6O. The fraction of sp³-hybridized carbons (Fsp3) is 0.500. The lowest BCUT2D eigenvalue weighted by atomic mass is 10.0. The summed E-state index contributed by atoms with van der Waals surface area (Å²) >= 11 is 0. The topological polar surface area (TPSA) is 77.6 Å². The summed E-state index contributed by atoms with van der Waals surface area (Å²) in [7, 11) is 3.80. The van der Waals surface area contributed by atoms with Crippen LogP contribution in [-0.2, 0) is 14.1 Å². The van der Waals surface area contributed by atoms with Crippen LogP contribution in [0.25, 0.3) is 11.0 Å². The van der Waals surface area contributed by atoms with Gasteiger partial charge in [0.2, 0.25) is 0 Å². The van der Waals surface area contributed by atoms with Crippen LogP contribution >= 0.6 is 0 Å². The Morgan fingerprint density at radius 1 is 1.15 bits per heavy atom. The Bertz CT molecular complexity index is 1060. The highest BCUT2D eigenvalue weighted by atomic mass is 16.1. The molecule has 0 spiro atoms. The minimum atomic E-state index is -0.129. The van der Waals surface area contributed by atoms with Gasteiger partial charge in [-0.1, -0.05) is 0 Å². The van der Waals surface area contributed by atoms with Crippen LogP contribution in [0.4, 0.5) is 0 Å². The fourth-order valence-corrected chi connectivity index (χ4v) is 3.99. The number of hydrogen-bond acceptors (Lipinski definition) is 4. The molecule has 0 saturated heterocycles. The van der Waals surface area contributed by atoms with Crippen molar-refractivity contribution < 1.29 is 4.79 Å². The molecule has 1 amide bonds. The molecule has 3 aromatic heterocycles. The lowest BCUT2D eigenvalue weighted by Gasteiger charge is -2.16. The molecule has 7 nitrogen and oxygen atoms in total. The molecule has 1 atom stereocenters. The molecule has 27 heavy (non-hydrogen) atoms. The van der Waals surface area contributed by atoms with E-state index in [9.17, 15) is 4.79 Å². The van der Waals surface area contributed by atoms with Crippen LogP contribution in [-0.4, -0.2) is 30.5 Å². The van der Waals surface area contributed by atoms with E-state index in [2.05, 4.69) is 15.5 Å². The molecule has 1 aliphatic rings. The predicted molar refractivity (Wildman–Crippen MR) is 104 cm³/mol. The fourth-order valence-electron chi connectivity index (χ4n) is 3.99. The lowest BCUT2D eigenvalue weighted by Crippen LogP contribution is -2.28. The first-order valence-corrected chi connectivity index (χ1v) is 9.43. The van der Waals surface area contributed by atoms with E-state index >= 15 is 0 Å². The average Bonchev–Trinajstić information content (AvgIpc) is 3.36. The van der Waals surface area contributed by atoms with Gasteiger partial charge in [0.25, 0.3) is 5.91 Å². The van der Waals surface area contributed by atoms with Gasteiger partial charge in [0, 0.05) is 37.0 Å². The number of aromatic nitrogens is 5. The zero-order valence-electron chi connectivity index (χ0n) is 16.8. The summed E-state index contributed by atoms with van der Waals surface area (Å²) in [5.74, 6) is 0.381. The molecule has 142 valence electrons. The van der Waals surface area contributed by atoms with Crippen molar-refractivity contribution in [2.24, 2.45) is 14.1 Å². The standard InChI is InChI=1S/C20H26N6O/c1-10(17-11(2)23-25(5)13(17)4)21-20(27)15-9-16(14-7-8-14)22-19-18(15)12(3)24-26(19)6/h9-10,14H,7-8H2,1-6H3,(H,21,27)/t10-/m1/s1. The largest absolute Gasteiger partial charge is 0.345 e. The van der Waals surface area contributed by atoms with Crippen molar-refractivity contribution >= 4 is 16.9 Å². The molecule has 0 radical (unpaired) electrons. The Morgan fingerprint density at radius 3 is 2.41 bits per heavy atom. The Labute approximate surface area is 158 Å². The SMILES string of the molecule is Cc1nn(C)c(C)c1[C@@H](C)NC(=O)c1cc(C2CC2)nc2c1c(C)nn2C. The van der Waals surface area contributed by atoms with E-state index in [0.717, 1.165) is 52.2 Å². The zero-order valence-corrected chi connectivity index (χ0v) is 16.8. The Hall–Kier alpha value is -2.70. The smallest absolute Gasteiger partial charge is 0.252 e. The first kappa shape index (κ1) is 17.7. The summed E-state index contributed by atoms with van der Waals surface area (Å²) < 4.78 is 3.63. The molecule has 7 heteroatoms. The van der Waals surface area contributed by atoms with Gasteiger partial charge in [-0.15, -0.1) is 0 Å². The average molecular weight is 366 g/mol. The van der Waals surface area contributed by atoms with E-state index in [1.54, 1.807) is 4.68 Å². The van der Waals surface area contributed by atoms with Gasteiger partial charge in [-0.2, -0.15) is 10.2 Å². The number of rotatable bonds is 4. The molecule has 1 N–H and O–H groups in total. The first-order valence-electron chi connectivity index (χ1n) is 9.43. The van der Waals surface area contributed by atoms with E-state index in [-0.39, 0.29) is 11.9 Å². The third-order valence-corrected chi connectivity index (χ3v) is 5.57. The number of aryl methyl sites for hydroxylation is 4. The van der Waals surface area contributed by atoms with Gasteiger partial charge in [-0.05, 0) is 46.6 Å². The Morgan fingerprint density at radius 2 is 1.81 bits per heavy atom. The number of carbonyl (C=O) groups is 1. The van der Waals surface area contributed by atoms with E-state index in [1.165, 1.54) is 0 Å². The molecular weight excluding hydrogens is 340 g/mol. The normalized spacial score (nSPS) is 15.3. The summed E-state index contributed by atoms with van der Waals surface area (Å²) in [5.41, 5.74) is 6.35. The highest BCUT2D eigenvalue weighted by Gasteiger charge is 2.29. The molecule has 0 aromatic carbocycles. The quantitative estimate of drug-likeness (QED) is 0.770. The predicted octanol–water partition coefficient (Wildman–Crippen LogP) is 3.00. The number of amides is 1. The first-order chi connectivity index (χ1) is 12.8. The molecule has 3 heterocycles. The maximum Gasteiger partial charge on any atom is 0.252 e. The monoisotopic (exact) mass is 366 g/mol. The van der Waals surface area contributed by atoms with Gasteiger partial charge in [0.15, 0.2) is 5.65 Å². The second-order valence-electron chi connectivity index (χ2n) is 7.68. The van der Waals surface area contributed by atoms with E-state index in [1.807, 2.05) is 52.5 Å². The maximum absolute atomic E-state index is 13.2. The van der Waals surface area contributed by atoms with Gasteiger partial charge in [-0.3, -0.25) is 14.2 Å². The molecule has 3 aromatic rings. The summed E-state index contributed by atoms with van der Waals surface area (Å²) in [6, 6.07) is 1.83. The third kappa shape index (κ3) is 2.91. The van der Waals surface area contributed by atoms with Gasteiger partial charge in [-0.25, -0.2) is 4.98 Å². The van der Waals surface area contributed by atoms with Crippen molar-refractivity contribution in [2.75, 3.05) is 0 Å². The van der Waals surface area contributed by atoms with Crippen molar-refractivity contribution in [2.45, 2.75) is 52.5 Å². The van der Waals surface area contributed by atoms with E-state index in [0.29, 0.717) is 11.5 Å². The van der Waals surface area contributed by atoms with Crippen LogP contribution in [0, 0.1) is 20.8 Å². The Kier molecular flexibility index (Phi) is 4.05. The molecule has 1 saturated carbocycles. The molecule has 1 aliphatic carbocycles. The van der Waals surface area contributed by atoms with Gasteiger partial charge in [0.1, 0.15) is 0 Å². The summed E-state index contributed by atoms with van der Waals surface area (Å²) in [4.78, 5) is 18.0. The minimum Gasteiger partial charge on any atom is -0.345 e. The van der Waals surface area contributed by atoms with Crippen LogP contribution in [0.2, 0.25) is 0 Å². The lowest BCUT2D eigenvalue weighted by molar-refractivity contribution is 0.0941. The molecule has 4 rings (SSSR count). The summed E-state index contributed by atoms with van der Waals surface area (Å²) in [6.45, 7) is 7.94. The zero-order chi connectivity index (χ0) is 19.5. The molecule has 0 unspecified atom stereocenters. The van der Waals surface area contributed by atoms with Gasteiger partial charge >= 0.3 is 0 Å². The number of pyridine rings is 1. The van der Waals surface area contributed by atoms with E-state index in [4.69, 9.17) is 4.98 Å². The van der Waals surface area contributed by atoms with Crippen molar-refractivity contribution in [3.05, 3.63) is 40.0 Å². The van der Waals surface area contributed by atoms with Crippen LogP contribution in [0.15, 0.2) is 6.07 Å². The van der Waals surface area contributed by atoms with E-state index < -0.39 is 0 Å². The highest BCUT2D eigenvalue weighted by Crippen LogP contribution is 2.40. The number of hydrogen-bond donors (Lipinski definition) is 1. The van der Waals surface area contributed by atoms with Crippen LogP contribution < -0.4 is 5.32 Å². The Balaban J connectivity index is 1.74. The highest BCUT2D eigenvalue weighted by molar-refractivity contribution is 6.06. The molecule has 1 fully saturated rings. The number of nitrogens with one attached hydrogen (secondary N) is 1. The number of nitrogens with zero attached hydrogens (tertiary/aromatic N) is 5. The van der Waals surface area contributed by atoms with Crippen molar-refractivity contribution in [1.29, 1.82) is 0 Å². The summed E-state index contributed by atoms with van der Waals surface area (Å²) in [6.07, 6.45) is 2.28. The second kappa shape index (κ2) is 6.18. The minimum absolute atomic E-state index is 0.0875. The third-order valence-electron chi connectivity index (χ3n) is 5.57. The maximum atomic E-state index is 13.2. The van der Waals surface area contributed by atoms with Gasteiger partial charge < -0.3 is 5.32 Å². The van der Waals surface area contributed by atoms with Crippen molar-refractivity contribution in [3.8, 4) is 0 Å². The second-order valence-corrected chi connectivity index (χ2v) is 7.68. The molecule has 0 aliphatic heterocycles. The van der Waals surface area contributed by atoms with Crippen molar-refractivity contribution in [3.63, 3.8) is 0 Å². The van der Waals surface area contributed by atoms with Crippen LogP contribution in [0.5, 0.6) is 0 Å². The number of fused-ring (bicyclic) bond motifs is 1. The molecule has 0 bridgehead atoms. The summed E-state index contributed by atoms with van der Waals surface area (Å²) in [5, 5.41) is 13.0. The number of carbonyl (C=O) groups excluding carboxylic acids is 1.